The highest BCUT2D eigenvalue weighted by atomic mass is 31.2. The van der Waals surface area contributed by atoms with Gasteiger partial charge >= 0.3 is 7.60 Å². The summed E-state index contributed by atoms with van der Waals surface area (Å²) in [7, 11) is -3.41. The van der Waals surface area contributed by atoms with Crippen molar-refractivity contribution >= 4 is 13.5 Å². The highest BCUT2D eigenvalue weighted by Crippen LogP contribution is 2.49. The normalized spacial score (nSPS) is 12.3. The Labute approximate surface area is 289 Å². The first-order valence-electron chi connectivity index (χ1n) is 18.1. The van der Waals surface area contributed by atoms with Crippen molar-refractivity contribution in [2.24, 2.45) is 0 Å². The average Bonchev–Trinajstić information content (AvgIpc) is 3.08. The van der Waals surface area contributed by atoms with Gasteiger partial charge in [0.15, 0.2) is 0 Å². The van der Waals surface area contributed by atoms with Gasteiger partial charge in [-0.3, -0.25) is 14.3 Å². The molecule has 1 aromatic heterocycles. The number of nitrogens with one attached hydrogen (secondary N) is 1. The lowest BCUT2D eigenvalue weighted by atomic mass is 10.0. The molecule has 0 aliphatic heterocycles. The van der Waals surface area contributed by atoms with Crippen LogP contribution < -0.4 is 14.8 Å². The molecule has 0 bridgehead atoms. The number of amides is 1. The molecule has 48 heavy (non-hydrogen) atoms. The van der Waals surface area contributed by atoms with E-state index in [1.165, 1.54) is 70.0 Å². The van der Waals surface area contributed by atoms with E-state index in [1.54, 1.807) is 38.3 Å². The maximum absolute atomic E-state index is 13.1. The summed E-state index contributed by atoms with van der Waals surface area (Å²) in [6.07, 6.45) is 20.6. The van der Waals surface area contributed by atoms with Crippen molar-refractivity contribution in [3.63, 3.8) is 0 Å². The number of rotatable bonds is 29. The number of aromatic nitrogens is 1. The molecule has 1 amide bonds. The van der Waals surface area contributed by atoms with Gasteiger partial charge in [-0.25, -0.2) is 4.39 Å². The summed E-state index contributed by atoms with van der Waals surface area (Å²) in [5.74, 6) is 2.64. The maximum atomic E-state index is 13.1. The number of hydrogen-bond donors (Lipinski definition) is 1. The van der Waals surface area contributed by atoms with Crippen molar-refractivity contribution in [2.45, 2.75) is 130 Å². The molecule has 0 unspecified atom stereocenters. The molecule has 0 fully saturated rings. The van der Waals surface area contributed by atoms with Crippen molar-refractivity contribution < 1.29 is 32.3 Å². The van der Waals surface area contributed by atoms with E-state index >= 15 is 0 Å². The number of pyridine rings is 1. The van der Waals surface area contributed by atoms with Gasteiger partial charge in [-0.05, 0) is 50.5 Å². The highest BCUT2D eigenvalue weighted by Gasteiger charge is 2.21. The second-order valence-electron chi connectivity index (χ2n) is 12.0. The molecule has 1 atom stereocenters. The van der Waals surface area contributed by atoms with Crippen LogP contribution in [0.15, 0.2) is 54.5 Å². The monoisotopic (exact) mass is 690 g/mol. The van der Waals surface area contributed by atoms with Gasteiger partial charge in [-0.2, -0.15) is 0 Å². The molecule has 0 aliphatic rings. The van der Waals surface area contributed by atoms with Crippen molar-refractivity contribution in [2.75, 3.05) is 26.5 Å². The van der Waals surface area contributed by atoms with E-state index < -0.39 is 20.3 Å². The number of alkyl halides is 1. The Bertz CT molecular complexity index is 1190. The Morgan fingerprint density at radius 3 is 2.02 bits per heavy atom. The molecule has 1 aromatic carbocycles. The van der Waals surface area contributed by atoms with Gasteiger partial charge in [0.25, 0.3) is 0 Å². The van der Waals surface area contributed by atoms with Crippen molar-refractivity contribution in [1.29, 1.82) is 0 Å². The van der Waals surface area contributed by atoms with Crippen LogP contribution in [0.4, 0.5) is 4.39 Å². The van der Waals surface area contributed by atoms with Gasteiger partial charge in [-0.1, -0.05) is 102 Å². The fourth-order valence-electron chi connectivity index (χ4n) is 5.36. The summed E-state index contributed by atoms with van der Waals surface area (Å²) >= 11 is 0. The standard InChI is InChI=1S/C38H60FN2O6P/c1-4-7-8-9-10-11-12-13-14-15-16-17-18-19-38(42)41-34(25-29-48(43,46-5-2)47-6-3)30-33-20-22-36(23-21-33)45-32-35-31-37(24-27-40-35)44-28-26-39/h20-25,27,29,31,34H,4-19,26,28,30,32H2,1-3H3,(H,41,42)/b29-25+/t34-/m1/s1. The molecule has 8 nitrogen and oxygen atoms in total. The summed E-state index contributed by atoms with van der Waals surface area (Å²) in [4.78, 5) is 17.2. The Morgan fingerprint density at radius 1 is 0.833 bits per heavy atom. The molecule has 0 saturated heterocycles. The fourth-order valence-corrected chi connectivity index (χ4v) is 6.74. The molecular formula is C38H60FN2O6P. The van der Waals surface area contributed by atoms with Crippen LogP contribution in [0.5, 0.6) is 11.5 Å². The van der Waals surface area contributed by atoms with Gasteiger partial charge in [0.05, 0.1) is 24.9 Å². The summed E-state index contributed by atoms with van der Waals surface area (Å²) in [6.45, 7) is 5.97. The van der Waals surface area contributed by atoms with Crippen LogP contribution in [0.3, 0.4) is 0 Å². The van der Waals surface area contributed by atoms with E-state index in [1.807, 2.05) is 24.3 Å². The third kappa shape index (κ3) is 19.3. The van der Waals surface area contributed by atoms with Crippen LogP contribution >= 0.6 is 7.60 Å². The van der Waals surface area contributed by atoms with Gasteiger partial charge in [0, 0.05) is 24.5 Å². The first-order chi connectivity index (χ1) is 23.4. The van der Waals surface area contributed by atoms with Crippen LogP contribution in [-0.4, -0.2) is 43.4 Å². The van der Waals surface area contributed by atoms with Crippen LogP contribution in [0.1, 0.15) is 122 Å². The second-order valence-corrected chi connectivity index (χ2v) is 13.9. The van der Waals surface area contributed by atoms with E-state index in [0.717, 1.165) is 24.8 Å². The van der Waals surface area contributed by atoms with E-state index in [-0.39, 0.29) is 32.3 Å². The zero-order chi connectivity index (χ0) is 34.7. The molecule has 10 heteroatoms. The molecule has 0 radical (unpaired) electrons. The number of carbonyl (C=O) groups excluding carboxylic acids is 1. The number of unbranched alkanes of at least 4 members (excludes halogenated alkanes) is 12. The topological polar surface area (TPSA) is 96.0 Å². The molecule has 0 aliphatic carbocycles. The average molecular weight is 691 g/mol. The van der Waals surface area contributed by atoms with Gasteiger partial charge < -0.3 is 23.8 Å². The van der Waals surface area contributed by atoms with Gasteiger partial charge in [-0.15, -0.1) is 0 Å². The Balaban J connectivity index is 1.85. The smallest absolute Gasteiger partial charge is 0.353 e. The Morgan fingerprint density at radius 2 is 1.44 bits per heavy atom. The molecule has 2 rings (SSSR count). The molecule has 270 valence electrons. The van der Waals surface area contributed by atoms with E-state index in [4.69, 9.17) is 18.5 Å². The predicted octanol–water partition coefficient (Wildman–Crippen LogP) is 10.3. The minimum absolute atomic E-state index is 0.00332. The fraction of sp³-hybridized carbons (Fsp3) is 0.632. The van der Waals surface area contributed by atoms with Crippen LogP contribution in [0, 0.1) is 0 Å². The number of hydrogen-bond acceptors (Lipinski definition) is 7. The first kappa shape index (κ1) is 41.4. The number of halogens is 1. The minimum Gasteiger partial charge on any atom is -0.491 e. The van der Waals surface area contributed by atoms with Crippen LogP contribution in [0.2, 0.25) is 0 Å². The van der Waals surface area contributed by atoms with E-state index in [9.17, 15) is 13.8 Å². The van der Waals surface area contributed by atoms with Crippen molar-refractivity contribution in [3.8, 4) is 11.5 Å². The lowest BCUT2D eigenvalue weighted by molar-refractivity contribution is -0.121. The summed E-state index contributed by atoms with van der Waals surface area (Å²) in [5, 5.41) is 3.11. The third-order valence-corrected chi connectivity index (χ3v) is 9.65. The molecule has 0 saturated carbocycles. The molecular weight excluding hydrogens is 630 g/mol. The third-order valence-electron chi connectivity index (χ3n) is 7.87. The quantitative estimate of drug-likeness (QED) is 0.0670. The molecule has 1 N–H and O–H groups in total. The molecule has 2 aromatic rings. The lowest BCUT2D eigenvalue weighted by Crippen LogP contribution is -2.34. The SMILES string of the molecule is CCCCCCCCCCCCCCCC(=O)N[C@H](/C=C/P(=O)(OCC)OCC)Cc1ccc(OCc2cc(OCCF)ccn2)cc1. The number of ether oxygens (including phenoxy) is 2. The van der Waals surface area contributed by atoms with Crippen LogP contribution in [0.25, 0.3) is 0 Å². The highest BCUT2D eigenvalue weighted by molar-refractivity contribution is 7.57. The predicted molar refractivity (Wildman–Crippen MR) is 192 cm³/mol. The first-order valence-corrected chi connectivity index (χ1v) is 19.8. The molecule has 0 spiro atoms. The van der Waals surface area contributed by atoms with Crippen molar-refractivity contribution in [3.05, 3.63) is 65.7 Å². The maximum Gasteiger partial charge on any atom is 0.353 e. The summed E-state index contributed by atoms with van der Waals surface area (Å²) in [6, 6.07) is 10.6. The second kappa shape index (κ2) is 26.2. The Hall–Kier alpha value is -2.74. The number of nitrogens with zero attached hydrogens (tertiary/aromatic N) is 1. The molecule has 1 heterocycles. The number of benzene rings is 1. The summed E-state index contributed by atoms with van der Waals surface area (Å²) < 4.78 is 47.6. The zero-order valence-electron chi connectivity index (χ0n) is 29.6. The Kier molecular flexibility index (Phi) is 22.6. The van der Waals surface area contributed by atoms with Gasteiger partial charge in [0.1, 0.15) is 31.4 Å². The summed E-state index contributed by atoms with van der Waals surface area (Å²) in [5.41, 5.74) is 1.64. The van der Waals surface area contributed by atoms with Gasteiger partial charge in [0.2, 0.25) is 5.91 Å². The minimum atomic E-state index is -3.41. The van der Waals surface area contributed by atoms with Crippen LogP contribution in [-0.2, 0) is 31.4 Å². The largest absolute Gasteiger partial charge is 0.491 e. The lowest BCUT2D eigenvalue weighted by Gasteiger charge is -2.18. The van der Waals surface area contributed by atoms with E-state index in [0.29, 0.717) is 30.0 Å². The zero-order valence-corrected chi connectivity index (χ0v) is 30.5. The van der Waals surface area contributed by atoms with Crippen molar-refractivity contribution in [1.82, 2.24) is 10.3 Å². The van der Waals surface area contributed by atoms with E-state index in [2.05, 4.69) is 17.2 Å². The number of carbonyl (C=O) groups is 1.